The lowest BCUT2D eigenvalue weighted by atomic mass is 9.74. The largest absolute Gasteiger partial charge is 0.313 e. The molecule has 1 nitrogen and oxygen atoms in total. The summed E-state index contributed by atoms with van der Waals surface area (Å²) in [5.41, 5.74) is 0. The van der Waals surface area contributed by atoms with Crippen LogP contribution in [-0.2, 0) is 6.42 Å². The first-order valence-corrected chi connectivity index (χ1v) is 9.34. The SMILES string of the molecule is CCCNC(Cc1cccs1)C1CCC(C(C)C)CC1. The molecule has 0 aromatic carbocycles. The van der Waals surface area contributed by atoms with Gasteiger partial charge < -0.3 is 5.32 Å². The van der Waals surface area contributed by atoms with E-state index in [1.165, 1.54) is 45.1 Å². The zero-order valence-electron chi connectivity index (χ0n) is 13.4. The molecular formula is C18H31NS. The molecule has 1 unspecified atom stereocenters. The van der Waals surface area contributed by atoms with E-state index in [1.807, 2.05) is 11.3 Å². The van der Waals surface area contributed by atoms with E-state index in [0.29, 0.717) is 6.04 Å². The van der Waals surface area contributed by atoms with Crippen molar-refractivity contribution in [2.75, 3.05) is 6.54 Å². The zero-order valence-corrected chi connectivity index (χ0v) is 14.2. The summed E-state index contributed by atoms with van der Waals surface area (Å²) in [5, 5.41) is 6.04. The highest BCUT2D eigenvalue weighted by Crippen LogP contribution is 2.35. The second kappa shape index (κ2) is 8.19. The first-order chi connectivity index (χ1) is 9.70. The first kappa shape index (κ1) is 16.0. The lowest BCUT2D eigenvalue weighted by Crippen LogP contribution is -2.40. The van der Waals surface area contributed by atoms with Crippen LogP contribution < -0.4 is 5.32 Å². The Labute approximate surface area is 129 Å². The smallest absolute Gasteiger partial charge is 0.0144 e. The molecule has 1 fully saturated rings. The Bertz CT molecular complexity index is 350. The van der Waals surface area contributed by atoms with Crippen molar-refractivity contribution in [2.45, 2.75) is 65.3 Å². The molecule has 0 radical (unpaired) electrons. The van der Waals surface area contributed by atoms with Gasteiger partial charge in [0.25, 0.3) is 0 Å². The molecule has 1 aliphatic rings. The van der Waals surface area contributed by atoms with Gasteiger partial charge in [-0.1, -0.05) is 26.8 Å². The van der Waals surface area contributed by atoms with Crippen LogP contribution in [0.15, 0.2) is 17.5 Å². The summed E-state index contributed by atoms with van der Waals surface area (Å²) < 4.78 is 0. The third kappa shape index (κ3) is 4.60. The second-order valence-corrected chi connectivity index (χ2v) is 7.80. The van der Waals surface area contributed by atoms with E-state index < -0.39 is 0 Å². The van der Waals surface area contributed by atoms with Gasteiger partial charge in [0.05, 0.1) is 0 Å². The first-order valence-electron chi connectivity index (χ1n) is 8.46. The Morgan fingerprint density at radius 3 is 2.45 bits per heavy atom. The highest BCUT2D eigenvalue weighted by molar-refractivity contribution is 7.09. The quantitative estimate of drug-likeness (QED) is 0.735. The van der Waals surface area contributed by atoms with Crippen molar-refractivity contribution in [3.8, 4) is 0 Å². The van der Waals surface area contributed by atoms with Crippen LogP contribution in [0.1, 0.15) is 57.8 Å². The third-order valence-electron chi connectivity index (χ3n) is 4.99. The maximum absolute atomic E-state index is 3.83. The van der Waals surface area contributed by atoms with Crippen LogP contribution in [0.5, 0.6) is 0 Å². The molecule has 1 aromatic heterocycles. The molecule has 0 spiro atoms. The van der Waals surface area contributed by atoms with Gasteiger partial charge in [0.15, 0.2) is 0 Å². The Balaban J connectivity index is 1.90. The molecule has 1 heterocycles. The van der Waals surface area contributed by atoms with Crippen LogP contribution in [0.3, 0.4) is 0 Å². The van der Waals surface area contributed by atoms with E-state index in [2.05, 4.69) is 43.6 Å². The molecule has 0 aliphatic heterocycles. The van der Waals surface area contributed by atoms with Crippen LogP contribution in [0.25, 0.3) is 0 Å². The Morgan fingerprint density at radius 2 is 1.90 bits per heavy atom. The van der Waals surface area contributed by atoms with Gasteiger partial charge in [-0.25, -0.2) is 0 Å². The summed E-state index contributed by atoms with van der Waals surface area (Å²) in [4.78, 5) is 1.55. The summed E-state index contributed by atoms with van der Waals surface area (Å²) in [5.74, 6) is 2.73. The fourth-order valence-electron chi connectivity index (χ4n) is 3.59. The van der Waals surface area contributed by atoms with Crippen molar-refractivity contribution in [2.24, 2.45) is 17.8 Å². The average molecular weight is 294 g/mol. The van der Waals surface area contributed by atoms with Gasteiger partial charge in [0.2, 0.25) is 0 Å². The number of hydrogen-bond donors (Lipinski definition) is 1. The van der Waals surface area contributed by atoms with Gasteiger partial charge in [-0.05, 0) is 74.3 Å². The maximum atomic E-state index is 3.83. The Kier molecular flexibility index (Phi) is 6.57. The third-order valence-corrected chi connectivity index (χ3v) is 5.88. The minimum absolute atomic E-state index is 0.696. The topological polar surface area (TPSA) is 12.0 Å². The number of nitrogens with one attached hydrogen (secondary N) is 1. The van der Waals surface area contributed by atoms with Gasteiger partial charge in [-0.15, -0.1) is 11.3 Å². The molecule has 114 valence electrons. The van der Waals surface area contributed by atoms with Gasteiger partial charge in [-0.2, -0.15) is 0 Å². The number of rotatable bonds is 7. The van der Waals surface area contributed by atoms with E-state index in [0.717, 1.165) is 17.8 Å². The Hall–Kier alpha value is -0.340. The summed E-state index contributed by atoms with van der Waals surface area (Å²) in [6, 6.07) is 5.18. The van der Waals surface area contributed by atoms with Gasteiger partial charge >= 0.3 is 0 Å². The van der Waals surface area contributed by atoms with Crippen molar-refractivity contribution in [1.29, 1.82) is 0 Å². The monoisotopic (exact) mass is 293 g/mol. The minimum Gasteiger partial charge on any atom is -0.313 e. The van der Waals surface area contributed by atoms with Gasteiger partial charge in [0.1, 0.15) is 0 Å². The van der Waals surface area contributed by atoms with Crippen molar-refractivity contribution in [3.63, 3.8) is 0 Å². The lowest BCUT2D eigenvalue weighted by Gasteiger charge is -2.36. The van der Waals surface area contributed by atoms with Crippen LogP contribution in [-0.4, -0.2) is 12.6 Å². The summed E-state index contributed by atoms with van der Waals surface area (Å²) in [6.07, 6.45) is 8.20. The van der Waals surface area contributed by atoms with Crippen LogP contribution in [0.4, 0.5) is 0 Å². The number of hydrogen-bond acceptors (Lipinski definition) is 2. The minimum atomic E-state index is 0.696. The van der Waals surface area contributed by atoms with E-state index in [9.17, 15) is 0 Å². The Morgan fingerprint density at radius 1 is 1.20 bits per heavy atom. The van der Waals surface area contributed by atoms with E-state index >= 15 is 0 Å². The van der Waals surface area contributed by atoms with Crippen LogP contribution >= 0.6 is 11.3 Å². The molecule has 0 amide bonds. The highest BCUT2D eigenvalue weighted by Gasteiger charge is 2.28. The average Bonchev–Trinajstić information content (AvgIpc) is 2.96. The van der Waals surface area contributed by atoms with Crippen LogP contribution in [0.2, 0.25) is 0 Å². The molecular weight excluding hydrogens is 262 g/mol. The zero-order chi connectivity index (χ0) is 14.4. The normalized spacial score (nSPS) is 25.0. The van der Waals surface area contributed by atoms with E-state index in [4.69, 9.17) is 0 Å². The lowest BCUT2D eigenvalue weighted by molar-refractivity contribution is 0.188. The molecule has 2 heteroatoms. The van der Waals surface area contributed by atoms with Crippen molar-refractivity contribution in [1.82, 2.24) is 5.32 Å². The van der Waals surface area contributed by atoms with Crippen molar-refractivity contribution < 1.29 is 0 Å². The summed E-state index contributed by atoms with van der Waals surface area (Å²) in [7, 11) is 0. The fraction of sp³-hybridized carbons (Fsp3) is 0.778. The van der Waals surface area contributed by atoms with Crippen molar-refractivity contribution in [3.05, 3.63) is 22.4 Å². The highest BCUT2D eigenvalue weighted by atomic mass is 32.1. The molecule has 0 bridgehead atoms. The molecule has 0 saturated heterocycles. The number of thiophene rings is 1. The molecule has 1 aromatic rings. The van der Waals surface area contributed by atoms with E-state index in [-0.39, 0.29) is 0 Å². The molecule has 1 atom stereocenters. The standard InChI is InChI=1S/C18H31NS/c1-4-11-19-18(13-17-6-5-12-20-17)16-9-7-15(8-10-16)14(2)3/h5-6,12,14-16,18-19H,4,7-11,13H2,1-3H3. The summed E-state index contributed by atoms with van der Waals surface area (Å²) in [6.45, 7) is 8.22. The molecule has 1 N–H and O–H groups in total. The molecule has 1 saturated carbocycles. The van der Waals surface area contributed by atoms with Gasteiger partial charge in [0, 0.05) is 10.9 Å². The second-order valence-electron chi connectivity index (χ2n) is 6.76. The van der Waals surface area contributed by atoms with Crippen molar-refractivity contribution >= 4 is 11.3 Å². The molecule has 20 heavy (non-hydrogen) atoms. The summed E-state index contributed by atoms with van der Waals surface area (Å²) >= 11 is 1.91. The van der Waals surface area contributed by atoms with E-state index in [1.54, 1.807) is 4.88 Å². The maximum Gasteiger partial charge on any atom is 0.0144 e. The fourth-order valence-corrected chi connectivity index (χ4v) is 4.36. The predicted molar refractivity (Wildman–Crippen MR) is 90.4 cm³/mol. The predicted octanol–water partition coefficient (Wildman–Crippen LogP) is 5.12. The molecule has 1 aliphatic carbocycles. The van der Waals surface area contributed by atoms with Gasteiger partial charge in [-0.3, -0.25) is 0 Å². The van der Waals surface area contributed by atoms with Crippen LogP contribution in [0, 0.1) is 17.8 Å². The molecule has 2 rings (SSSR count).